The van der Waals surface area contributed by atoms with Gasteiger partial charge in [0.25, 0.3) is 0 Å². The van der Waals surface area contributed by atoms with Gasteiger partial charge in [0.15, 0.2) is 0 Å². The van der Waals surface area contributed by atoms with E-state index in [-0.39, 0.29) is 0 Å². The zero-order valence-corrected chi connectivity index (χ0v) is 5.18. The van der Waals surface area contributed by atoms with Crippen LogP contribution in [-0.4, -0.2) is 19.4 Å². The van der Waals surface area contributed by atoms with Crippen LogP contribution in [0.25, 0.3) is 0 Å². The lowest BCUT2D eigenvalue weighted by Crippen LogP contribution is -2.17. The van der Waals surface area contributed by atoms with Crippen LogP contribution in [0.2, 0.25) is 0 Å². The number of nitrogens with two attached hydrogens (primary N) is 1. The van der Waals surface area contributed by atoms with Crippen molar-refractivity contribution >= 4 is 6.21 Å². The van der Waals surface area contributed by atoms with Gasteiger partial charge in [-0.05, 0) is 12.0 Å². The Hall–Kier alpha value is -0.830. The first kappa shape index (κ1) is 6.29. The summed E-state index contributed by atoms with van der Waals surface area (Å²) in [4.78, 5) is 0. The monoisotopic (exact) mass is 126 g/mol. The third kappa shape index (κ3) is 1.29. The highest BCUT2D eigenvalue weighted by atomic mass is 16.5. The van der Waals surface area contributed by atoms with E-state index in [2.05, 4.69) is 0 Å². The maximum absolute atomic E-state index is 6.91. The van der Waals surface area contributed by atoms with Crippen LogP contribution in [-0.2, 0) is 4.74 Å². The summed E-state index contributed by atoms with van der Waals surface area (Å²) in [6.07, 6.45) is 2.09. The quantitative estimate of drug-likeness (QED) is 0.495. The molecule has 0 atom stereocenters. The molecule has 0 bridgehead atoms. The molecule has 0 unspecified atom stereocenters. The minimum atomic E-state index is 0.491. The maximum Gasteiger partial charge on any atom is 0.0863 e. The van der Waals surface area contributed by atoms with Gasteiger partial charge in [0.05, 0.1) is 13.2 Å². The van der Waals surface area contributed by atoms with Gasteiger partial charge in [0.1, 0.15) is 0 Å². The van der Waals surface area contributed by atoms with Gasteiger partial charge in [-0.25, -0.2) is 0 Å². The van der Waals surface area contributed by atoms with Crippen molar-refractivity contribution in [3.63, 3.8) is 0 Å². The highest BCUT2D eigenvalue weighted by Gasteiger charge is 2.06. The summed E-state index contributed by atoms with van der Waals surface area (Å²) in [7, 11) is 0. The zero-order valence-electron chi connectivity index (χ0n) is 5.18. The van der Waals surface area contributed by atoms with Crippen molar-refractivity contribution in [2.45, 2.75) is 6.42 Å². The molecular formula is C6H10N2O. The molecule has 0 fully saturated rings. The molecule has 1 rings (SSSR count). The lowest BCUT2D eigenvalue weighted by atomic mass is 10.1. The molecule has 1 aliphatic heterocycles. The van der Waals surface area contributed by atoms with Gasteiger partial charge in [-0.1, -0.05) is 0 Å². The minimum Gasteiger partial charge on any atom is -0.400 e. The first-order valence-corrected chi connectivity index (χ1v) is 2.90. The van der Waals surface area contributed by atoms with E-state index in [0.717, 1.165) is 12.0 Å². The number of hydrogen-bond acceptors (Lipinski definition) is 3. The average molecular weight is 126 g/mol. The average Bonchev–Trinajstić information content (AvgIpc) is 1.89. The van der Waals surface area contributed by atoms with Crippen LogP contribution in [0, 0.1) is 5.41 Å². The molecular weight excluding hydrogens is 116 g/mol. The molecule has 0 aromatic heterocycles. The second kappa shape index (κ2) is 2.64. The molecule has 50 valence electrons. The van der Waals surface area contributed by atoms with Crippen molar-refractivity contribution in [1.82, 2.24) is 0 Å². The van der Waals surface area contributed by atoms with Crippen LogP contribution in [0.4, 0.5) is 0 Å². The Morgan fingerprint density at radius 3 is 2.89 bits per heavy atom. The predicted octanol–water partition coefficient (Wildman–Crippen LogP) is 0.269. The standard InChI is InChI=1S/C6H10N2O/c7-3-5-1-2-9-4-6(5)8/h3,7H,1-2,4,8H2. The molecule has 1 aliphatic rings. The lowest BCUT2D eigenvalue weighted by molar-refractivity contribution is 0.147. The molecule has 3 N–H and O–H groups in total. The topological polar surface area (TPSA) is 59.1 Å². The van der Waals surface area contributed by atoms with Crippen LogP contribution in [0.15, 0.2) is 11.3 Å². The summed E-state index contributed by atoms with van der Waals surface area (Å²) in [6.45, 7) is 1.19. The normalized spacial score (nSPS) is 20.0. The van der Waals surface area contributed by atoms with Crippen molar-refractivity contribution in [2.24, 2.45) is 5.73 Å². The highest BCUT2D eigenvalue weighted by molar-refractivity contribution is 5.76. The van der Waals surface area contributed by atoms with E-state index < -0.39 is 0 Å². The van der Waals surface area contributed by atoms with Crippen molar-refractivity contribution in [1.29, 1.82) is 5.41 Å². The third-order valence-corrected chi connectivity index (χ3v) is 1.36. The number of hydrogen-bond donors (Lipinski definition) is 2. The van der Waals surface area contributed by atoms with Crippen LogP contribution in [0.1, 0.15) is 6.42 Å². The fraction of sp³-hybridized carbons (Fsp3) is 0.500. The molecule has 0 amide bonds. The molecule has 0 aromatic rings. The number of ether oxygens (including phenoxy) is 1. The lowest BCUT2D eigenvalue weighted by Gasteiger charge is -2.13. The Bertz CT molecular complexity index is 151. The largest absolute Gasteiger partial charge is 0.400 e. The van der Waals surface area contributed by atoms with Gasteiger partial charge < -0.3 is 15.9 Å². The molecule has 0 radical (unpaired) electrons. The van der Waals surface area contributed by atoms with E-state index >= 15 is 0 Å². The molecule has 3 nitrogen and oxygen atoms in total. The molecule has 1 heterocycles. The van der Waals surface area contributed by atoms with Crippen molar-refractivity contribution < 1.29 is 4.74 Å². The molecule has 0 aliphatic carbocycles. The van der Waals surface area contributed by atoms with E-state index in [9.17, 15) is 0 Å². The summed E-state index contributed by atoms with van der Waals surface area (Å²) in [5.74, 6) is 0. The van der Waals surface area contributed by atoms with Gasteiger partial charge >= 0.3 is 0 Å². The van der Waals surface area contributed by atoms with Gasteiger partial charge in [-0.15, -0.1) is 0 Å². The van der Waals surface area contributed by atoms with Crippen molar-refractivity contribution in [3.05, 3.63) is 11.3 Å². The molecule has 0 saturated heterocycles. The molecule has 3 heteroatoms. The van der Waals surface area contributed by atoms with E-state index in [1.165, 1.54) is 6.21 Å². The van der Waals surface area contributed by atoms with E-state index in [1.54, 1.807) is 0 Å². The fourth-order valence-corrected chi connectivity index (χ4v) is 0.782. The van der Waals surface area contributed by atoms with Crippen molar-refractivity contribution in [2.75, 3.05) is 13.2 Å². The van der Waals surface area contributed by atoms with Crippen LogP contribution in [0.5, 0.6) is 0 Å². The molecule has 0 aromatic carbocycles. The first-order valence-electron chi connectivity index (χ1n) is 2.90. The first-order chi connectivity index (χ1) is 4.34. The fourth-order valence-electron chi connectivity index (χ4n) is 0.782. The van der Waals surface area contributed by atoms with Gasteiger partial charge in [0.2, 0.25) is 0 Å². The summed E-state index contributed by atoms with van der Waals surface area (Å²) < 4.78 is 5.03. The Morgan fingerprint density at radius 2 is 2.44 bits per heavy atom. The van der Waals surface area contributed by atoms with E-state index in [1.807, 2.05) is 0 Å². The second-order valence-corrected chi connectivity index (χ2v) is 2.00. The second-order valence-electron chi connectivity index (χ2n) is 2.00. The smallest absolute Gasteiger partial charge is 0.0863 e. The Balaban J connectivity index is 2.70. The van der Waals surface area contributed by atoms with E-state index in [0.29, 0.717) is 18.9 Å². The number of rotatable bonds is 1. The SMILES string of the molecule is N=CC1=C(N)COCC1. The highest BCUT2D eigenvalue weighted by Crippen LogP contribution is 2.08. The van der Waals surface area contributed by atoms with Gasteiger partial charge in [-0.2, -0.15) is 0 Å². The van der Waals surface area contributed by atoms with Crippen LogP contribution in [0.3, 0.4) is 0 Å². The van der Waals surface area contributed by atoms with Crippen LogP contribution < -0.4 is 5.73 Å². The molecule has 9 heavy (non-hydrogen) atoms. The third-order valence-electron chi connectivity index (χ3n) is 1.36. The molecule has 0 spiro atoms. The van der Waals surface area contributed by atoms with Gasteiger partial charge in [-0.3, -0.25) is 0 Å². The summed E-state index contributed by atoms with van der Waals surface area (Å²) in [5, 5.41) is 6.91. The molecule has 0 saturated carbocycles. The van der Waals surface area contributed by atoms with Gasteiger partial charge in [0, 0.05) is 11.9 Å². The van der Waals surface area contributed by atoms with Crippen molar-refractivity contribution in [3.8, 4) is 0 Å². The van der Waals surface area contributed by atoms with Crippen LogP contribution >= 0.6 is 0 Å². The predicted molar refractivity (Wildman–Crippen MR) is 35.4 cm³/mol. The summed E-state index contributed by atoms with van der Waals surface area (Å²) in [6, 6.07) is 0. The minimum absolute atomic E-state index is 0.491. The maximum atomic E-state index is 6.91. The summed E-state index contributed by atoms with van der Waals surface area (Å²) in [5.41, 5.74) is 7.12. The summed E-state index contributed by atoms with van der Waals surface area (Å²) >= 11 is 0. The zero-order chi connectivity index (χ0) is 6.69. The Kier molecular flexibility index (Phi) is 1.85. The Morgan fingerprint density at radius 1 is 1.67 bits per heavy atom. The number of nitrogens with one attached hydrogen (secondary N) is 1. The van der Waals surface area contributed by atoms with E-state index in [4.69, 9.17) is 15.9 Å². The Labute approximate surface area is 54.0 Å².